The maximum atomic E-state index is 6.21. The molecular weight excluding hydrogens is 354 g/mol. The molecule has 0 bridgehead atoms. The molecule has 0 aromatic heterocycles. The van der Waals surface area contributed by atoms with Gasteiger partial charge in [-0.25, -0.2) is 0 Å². The maximum Gasteiger partial charge on any atom is 0.119 e. The molecule has 0 radical (unpaired) electrons. The summed E-state index contributed by atoms with van der Waals surface area (Å²) >= 11 is 6.21. The van der Waals surface area contributed by atoms with E-state index in [2.05, 4.69) is 60.4 Å². The van der Waals surface area contributed by atoms with Gasteiger partial charge in [0.25, 0.3) is 0 Å². The highest BCUT2D eigenvalue weighted by atomic mass is 35.5. The molecule has 2 nitrogen and oxygen atoms in total. The van der Waals surface area contributed by atoms with E-state index >= 15 is 0 Å². The first-order valence-corrected chi connectivity index (χ1v) is 10.0. The Morgan fingerprint density at radius 1 is 0.852 bits per heavy atom. The van der Waals surface area contributed by atoms with E-state index < -0.39 is 0 Å². The van der Waals surface area contributed by atoms with Crippen LogP contribution in [0.1, 0.15) is 24.1 Å². The number of halogens is 1. The molecule has 0 N–H and O–H groups in total. The fraction of sp³-hybridized carbons (Fsp3) is 0.250. The predicted octanol–water partition coefficient (Wildman–Crippen LogP) is 5.76. The number of para-hydroxylation sites is 1. The number of nitrogens with zero attached hydrogens (tertiary/aromatic N) is 1. The molecule has 3 aromatic rings. The lowest BCUT2D eigenvalue weighted by atomic mass is 10.0. The second kappa shape index (κ2) is 8.16. The summed E-state index contributed by atoms with van der Waals surface area (Å²) in [5, 5.41) is 0. The first-order valence-electron chi connectivity index (χ1n) is 9.47. The minimum Gasteiger partial charge on any atom is -0.492 e. The Bertz CT molecular complexity index is 850. The van der Waals surface area contributed by atoms with Crippen LogP contribution >= 0.6 is 11.6 Å². The van der Waals surface area contributed by atoms with Gasteiger partial charge < -0.3 is 4.74 Å². The van der Waals surface area contributed by atoms with Gasteiger partial charge in [-0.05, 0) is 41.3 Å². The number of alkyl halides is 1. The van der Waals surface area contributed by atoms with E-state index in [0.717, 1.165) is 12.3 Å². The quantitative estimate of drug-likeness (QED) is 0.485. The van der Waals surface area contributed by atoms with Crippen molar-refractivity contribution < 1.29 is 4.74 Å². The zero-order chi connectivity index (χ0) is 18.6. The van der Waals surface area contributed by atoms with E-state index in [1.807, 2.05) is 30.3 Å². The van der Waals surface area contributed by atoms with Crippen LogP contribution in [-0.4, -0.2) is 30.0 Å². The van der Waals surface area contributed by atoms with Gasteiger partial charge in [-0.1, -0.05) is 66.7 Å². The summed E-state index contributed by atoms with van der Waals surface area (Å²) in [6.07, 6.45) is 0. The Balaban J connectivity index is 1.63. The second-order valence-corrected chi connectivity index (χ2v) is 7.35. The smallest absolute Gasteiger partial charge is 0.119 e. The van der Waals surface area contributed by atoms with E-state index in [-0.39, 0.29) is 12.1 Å². The van der Waals surface area contributed by atoms with Gasteiger partial charge in [-0.15, -0.1) is 11.6 Å². The van der Waals surface area contributed by atoms with E-state index in [0.29, 0.717) is 12.5 Å². The van der Waals surface area contributed by atoms with Crippen LogP contribution in [0.2, 0.25) is 0 Å². The summed E-state index contributed by atoms with van der Waals surface area (Å²) in [7, 11) is 0. The Morgan fingerprint density at radius 2 is 1.41 bits per heavy atom. The number of benzene rings is 3. The minimum absolute atomic E-state index is 0.213. The largest absolute Gasteiger partial charge is 0.492 e. The molecule has 0 saturated heterocycles. The Labute approximate surface area is 166 Å². The van der Waals surface area contributed by atoms with Gasteiger partial charge in [0.2, 0.25) is 0 Å². The van der Waals surface area contributed by atoms with E-state index in [9.17, 15) is 0 Å². The van der Waals surface area contributed by atoms with Crippen LogP contribution in [0.3, 0.4) is 0 Å². The molecule has 0 fully saturated rings. The summed E-state index contributed by atoms with van der Waals surface area (Å²) < 4.78 is 6.05. The average Bonchev–Trinajstić information content (AvgIpc) is 3.05. The fourth-order valence-corrected chi connectivity index (χ4v) is 4.21. The molecule has 0 aliphatic heterocycles. The van der Waals surface area contributed by atoms with Crippen molar-refractivity contribution in [3.8, 4) is 16.9 Å². The monoisotopic (exact) mass is 377 g/mol. The van der Waals surface area contributed by atoms with E-state index in [1.54, 1.807) is 0 Å². The zero-order valence-corrected chi connectivity index (χ0v) is 16.3. The first-order chi connectivity index (χ1) is 13.3. The highest BCUT2D eigenvalue weighted by Gasteiger charge is 2.34. The first kappa shape index (κ1) is 18.1. The lowest BCUT2D eigenvalue weighted by molar-refractivity contribution is 0.126. The summed E-state index contributed by atoms with van der Waals surface area (Å²) in [4.78, 5) is 2.47. The number of fused-ring (bicyclic) bond motifs is 3. The Morgan fingerprint density at radius 3 is 2.00 bits per heavy atom. The third kappa shape index (κ3) is 3.60. The van der Waals surface area contributed by atoms with Crippen LogP contribution in [-0.2, 0) is 0 Å². The Hall–Kier alpha value is -2.29. The van der Waals surface area contributed by atoms with Crippen molar-refractivity contribution in [2.24, 2.45) is 0 Å². The topological polar surface area (TPSA) is 12.5 Å². The molecule has 0 saturated carbocycles. The van der Waals surface area contributed by atoms with Gasteiger partial charge >= 0.3 is 0 Å². The molecule has 4 rings (SSSR count). The summed E-state index contributed by atoms with van der Waals surface area (Å²) in [6.45, 7) is 3.66. The summed E-state index contributed by atoms with van der Waals surface area (Å²) in [5.41, 5.74) is 5.37. The highest BCUT2D eigenvalue weighted by Crippen LogP contribution is 2.46. The molecule has 3 aromatic carbocycles. The van der Waals surface area contributed by atoms with Crippen molar-refractivity contribution in [3.63, 3.8) is 0 Å². The molecule has 1 atom stereocenters. The predicted molar refractivity (Wildman–Crippen MR) is 113 cm³/mol. The van der Waals surface area contributed by atoms with Crippen molar-refractivity contribution >= 4 is 11.6 Å². The maximum absolute atomic E-state index is 6.21. The fourth-order valence-electron chi connectivity index (χ4n) is 4.02. The summed E-state index contributed by atoms with van der Waals surface area (Å²) in [6, 6.07) is 27.9. The molecule has 0 heterocycles. The van der Waals surface area contributed by atoms with Crippen LogP contribution in [0.15, 0.2) is 78.9 Å². The normalized spacial score (nSPS) is 14.0. The van der Waals surface area contributed by atoms with Crippen molar-refractivity contribution in [1.29, 1.82) is 0 Å². The van der Waals surface area contributed by atoms with Crippen LogP contribution < -0.4 is 4.74 Å². The summed E-state index contributed by atoms with van der Waals surface area (Å²) in [5.74, 6) is 1.50. The van der Waals surface area contributed by atoms with Crippen molar-refractivity contribution in [3.05, 3.63) is 90.0 Å². The molecule has 3 heteroatoms. The standard InChI is InChI=1S/C24H24ClNO/c1-18(17-27-19-9-3-2-4-10-19)26(16-15-25)24-22-13-7-5-11-20(22)21-12-6-8-14-23(21)24/h2-14,18,24H,15-17H2,1H3/t18-/m0/s1. The lowest BCUT2D eigenvalue weighted by Crippen LogP contribution is -2.41. The van der Waals surface area contributed by atoms with Crippen molar-refractivity contribution in [1.82, 2.24) is 4.90 Å². The van der Waals surface area contributed by atoms with E-state index in [4.69, 9.17) is 16.3 Å². The molecule has 27 heavy (non-hydrogen) atoms. The van der Waals surface area contributed by atoms with Gasteiger partial charge in [-0.2, -0.15) is 0 Å². The molecule has 1 aliphatic rings. The molecule has 138 valence electrons. The second-order valence-electron chi connectivity index (χ2n) is 6.98. The molecular formula is C24H24ClNO. The average molecular weight is 378 g/mol. The zero-order valence-electron chi connectivity index (χ0n) is 15.5. The molecule has 0 spiro atoms. The lowest BCUT2D eigenvalue weighted by Gasteiger charge is -2.35. The van der Waals surface area contributed by atoms with Gasteiger partial charge in [0.1, 0.15) is 12.4 Å². The Kier molecular flexibility index (Phi) is 5.47. The van der Waals surface area contributed by atoms with Crippen molar-refractivity contribution in [2.75, 3.05) is 19.0 Å². The minimum atomic E-state index is 0.213. The van der Waals surface area contributed by atoms with Crippen LogP contribution in [0.25, 0.3) is 11.1 Å². The van der Waals surface area contributed by atoms with Gasteiger partial charge in [0.05, 0.1) is 6.04 Å². The van der Waals surface area contributed by atoms with Gasteiger partial charge in [-0.3, -0.25) is 4.90 Å². The van der Waals surface area contributed by atoms with Gasteiger partial charge in [0, 0.05) is 18.5 Å². The number of rotatable bonds is 7. The molecule has 1 aliphatic carbocycles. The van der Waals surface area contributed by atoms with Gasteiger partial charge in [0.15, 0.2) is 0 Å². The van der Waals surface area contributed by atoms with Crippen molar-refractivity contribution in [2.45, 2.75) is 19.0 Å². The molecule has 0 unspecified atom stereocenters. The third-order valence-electron chi connectivity index (χ3n) is 5.28. The van der Waals surface area contributed by atoms with Crippen LogP contribution in [0, 0.1) is 0 Å². The SMILES string of the molecule is C[C@@H](COc1ccccc1)N(CCCl)C1c2ccccc2-c2ccccc21. The number of hydrogen-bond acceptors (Lipinski definition) is 2. The number of hydrogen-bond donors (Lipinski definition) is 0. The highest BCUT2D eigenvalue weighted by molar-refractivity contribution is 6.18. The van der Waals surface area contributed by atoms with Crippen LogP contribution in [0.5, 0.6) is 5.75 Å². The third-order valence-corrected chi connectivity index (χ3v) is 5.44. The number of ether oxygens (including phenoxy) is 1. The molecule has 0 amide bonds. The van der Waals surface area contributed by atoms with E-state index in [1.165, 1.54) is 22.3 Å². The van der Waals surface area contributed by atoms with Crippen LogP contribution in [0.4, 0.5) is 0 Å².